The highest BCUT2D eigenvalue weighted by Crippen LogP contribution is 2.55. The largest absolute Gasteiger partial charge is 0.390 e. The van der Waals surface area contributed by atoms with E-state index in [2.05, 4.69) is 20.6 Å². The number of nitrogens with zero attached hydrogens (tertiary/aromatic N) is 4. The SMILES string of the molecule is CN(C(=O)NCC1CCN(c2c(Cl)c(C(=O)NC3C4CC5CC3CC(O)(C5)C4)nn2C)CC1)c1cccc(F)c1. The fraction of sp³-hybridized carbons (Fsp3) is 0.621. The van der Waals surface area contributed by atoms with Gasteiger partial charge in [-0.3, -0.25) is 14.4 Å². The van der Waals surface area contributed by atoms with Gasteiger partial charge in [0.15, 0.2) is 5.69 Å². The highest BCUT2D eigenvalue weighted by atomic mass is 35.5. The quantitative estimate of drug-likeness (QED) is 0.486. The van der Waals surface area contributed by atoms with Crippen molar-refractivity contribution >= 4 is 35.0 Å². The van der Waals surface area contributed by atoms with Gasteiger partial charge in [-0.15, -0.1) is 0 Å². The summed E-state index contributed by atoms with van der Waals surface area (Å²) in [5, 5.41) is 22.0. The first-order valence-corrected chi connectivity index (χ1v) is 14.8. The maximum atomic E-state index is 13.5. The van der Waals surface area contributed by atoms with Gasteiger partial charge in [0.25, 0.3) is 5.91 Å². The van der Waals surface area contributed by atoms with E-state index in [1.807, 2.05) is 7.05 Å². The third-order valence-corrected chi connectivity index (χ3v) is 10.0. The fourth-order valence-corrected chi connectivity index (χ4v) is 8.28. The molecule has 0 radical (unpaired) electrons. The molecule has 5 fully saturated rings. The van der Waals surface area contributed by atoms with Crippen molar-refractivity contribution < 1.29 is 19.1 Å². The number of aromatic nitrogens is 2. The van der Waals surface area contributed by atoms with E-state index in [9.17, 15) is 19.1 Å². The van der Waals surface area contributed by atoms with Gasteiger partial charge in [-0.1, -0.05) is 17.7 Å². The molecule has 1 saturated heterocycles. The van der Waals surface area contributed by atoms with Gasteiger partial charge in [-0.25, -0.2) is 9.18 Å². The van der Waals surface area contributed by atoms with E-state index in [0.717, 1.165) is 63.9 Å². The summed E-state index contributed by atoms with van der Waals surface area (Å²) in [5.41, 5.74) is 0.208. The summed E-state index contributed by atoms with van der Waals surface area (Å²) in [6, 6.07) is 5.75. The van der Waals surface area contributed by atoms with Gasteiger partial charge in [-0.05, 0) is 86.8 Å². The topological polar surface area (TPSA) is 103 Å². The highest BCUT2D eigenvalue weighted by molar-refractivity contribution is 6.36. The van der Waals surface area contributed by atoms with Crippen molar-refractivity contribution in [2.24, 2.45) is 30.7 Å². The van der Waals surface area contributed by atoms with Gasteiger partial charge in [0.05, 0.1) is 5.60 Å². The number of piperidine rings is 1. The van der Waals surface area contributed by atoms with E-state index < -0.39 is 5.60 Å². The number of rotatable bonds is 6. The van der Waals surface area contributed by atoms with E-state index in [4.69, 9.17) is 11.6 Å². The van der Waals surface area contributed by atoms with Crippen LogP contribution in [0.3, 0.4) is 0 Å². The number of carbonyl (C=O) groups excluding carboxylic acids is 2. The molecule has 1 aromatic carbocycles. The van der Waals surface area contributed by atoms with Gasteiger partial charge in [0, 0.05) is 45.5 Å². The molecule has 2 heterocycles. The zero-order valence-corrected chi connectivity index (χ0v) is 23.8. The zero-order chi connectivity index (χ0) is 28.2. The number of aliphatic hydroxyl groups is 1. The van der Waals surface area contributed by atoms with E-state index in [1.165, 1.54) is 17.0 Å². The monoisotopic (exact) mass is 572 g/mol. The molecule has 2 atom stereocenters. The molecule has 2 unspecified atom stereocenters. The Balaban J connectivity index is 1.03. The van der Waals surface area contributed by atoms with Crippen LogP contribution in [0.5, 0.6) is 0 Å². The van der Waals surface area contributed by atoms with Crippen LogP contribution in [0.4, 0.5) is 20.7 Å². The summed E-state index contributed by atoms with van der Waals surface area (Å²) in [4.78, 5) is 29.5. The predicted octanol–water partition coefficient (Wildman–Crippen LogP) is 3.94. The minimum absolute atomic E-state index is 0.0664. The Labute approximate surface area is 239 Å². The molecule has 7 rings (SSSR count). The molecule has 216 valence electrons. The van der Waals surface area contributed by atoms with Crippen molar-refractivity contribution in [2.75, 3.05) is 36.5 Å². The van der Waals surface area contributed by atoms with Gasteiger partial charge < -0.3 is 20.6 Å². The Hall–Kier alpha value is -2.85. The summed E-state index contributed by atoms with van der Waals surface area (Å²) in [6.07, 6.45) is 6.28. The van der Waals surface area contributed by atoms with Crippen LogP contribution in [-0.2, 0) is 7.05 Å². The fourth-order valence-electron chi connectivity index (χ4n) is 7.92. The molecule has 3 N–H and O–H groups in total. The van der Waals surface area contributed by atoms with E-state index >= 15 is 0 Å². The van der Waals surface area contributed by atoms with Crippen LogP contribution in [0.15, 0.2) is 24.3 Å². The molecule has 4 bridgehead atoms. The van der Waals surface area contributed by atoms with Crippen molar-refractivity contribution in [3.8, 4) is 0 Å². The van der Waals surface area contributed by atoms with Crippen LogP contribution in [0.1, 0.15) is 55.4 Å². The number of halogens is 2. The lowest BCUT2D eigenvalue weighted by Crippen LogP contribution is -2.61. The number of anilines is 2. The van der Waals surface area contributed by atoms with Crippen molar-refractivity contribution in [1.29, 1.82) is 0 Å². The molecule has 4 saturated carbocycles. The van der Waals surface area contributed by atoms with Crippen LogP contribution in [-0.4, -0.2) is 65.2 Å². The summed E-state index contributed by atoms with van der Waals surface area (Å²) in [7, 11) is 3.43. The van der Waals surface area contributed by atoms with Crippen LogP contribution in [0, 0.1) is 29.5 Å². The average molecular weight is 573 g/mol. The van der Waals surface area contributed by atoms with Crippen molar-refractivity contribution in [3.63, 3.8) is 0 Å². The summed E-state index contributed by atoms with van der Waals surface area (Å²) in [5.74, 6) is 1.61. The lowest BCUT2D eigenvalue weighted by atomic mass is 9.52. The third-order valence-electron chi connectivity index (χ3n) is 9.67. The number of nitrogens with one attached hydrogen (secondary N) is 2. The molecule has 2 aromatic rings. The highest BCUT2D eigenvalue weighted by Gasteiger charge is 2.55. The molecule has 3 amide bonds. The molecule has 40 heavy (non-hydrogen) atoms. The number of carbonyl (C=O) groups is 2. The molecule has 0 spiro atoms. The number of hydrogen-bond acceptors (Lipinski definition) is 5. The van der Waals surface area contributed by atoms with Gasteiger partial charge in [0.2, 0.25) is 0 Å². The Morgan fingerprint density at radius 1 is 1.20 bits per heavy atom. The molecular weight excluding hydrogens is 535 g/mol. The van der Waals surface area contributed by atoms with Crippen molar-refractivity contribution in [2.45, 2.75) is 56.6 Å². The molecular formula is C29H38ClFN6O3. The van der Waals surface area contributed by atoms with E-state index in [1.54, 1.807) is 23.9 Å². The van der Waals surface area contributed by atoms with Crippen LogP contribution >= 0.6 is 11.6 Å². The molecule has 1 aromatic heterocycles. The molecule has 1 aliphatic heterocycles. The van der Waals surface area contributed by atoms with Crippen LogP contribution in [0.2, 0.25) is 5.02 Å². The normalized spacial score (nSPS) is 29.5. The lowest BCUT2D eigenvalue weighted by molar-refractivity contribution is -0.136. The molecule has 4 aliphatic carbocycles. The Morgan fingerprint density at radius 3 is 2.55 bits per heavy atom. The summed E-state index contributed by atoms with van der Waals surface area (Å²) < 4.78 is 15.2. The molecule has 11 heteroatoms. The van der Waals surface area contributed by atoms with E-state index in [0.29, 0.717) is 40.9 Å². The molecule has 5 aliphatic rings. The Morgan fingerprint density at radius 2 is 1.90 bits per heavy atom. The number of aryl methyl sites for hydroxylation is 1. The standard InChI is InChI=1S/C29H38ClFN6O3/c1-35(22-5-3-4-21(31)12-22)28(39)32-16-17-6-8-37(9-7-17)27-23(30)25(34-36(27)2)26(38)33-24-19-10-18-11-20(24)15-29(40,13-18)14-19/h3-5,12,17-20,24,40H,6-11,13-16H2,1-2H3,(H,32,39)(H,33,38). The Kier molecular flexibility index (Phi) is 7.19. The van der Waals surface area contributed by atoms with Crippen LogP contribution in [0.25, 0.3) is 0 Å². The first-order valence-electron chi connectivity index (χ1n) is 14.4. The smallest absolute Gasteiger partial charge is 0.321 e. The maximum absolute atomic E-state index is 13.5. The second-order valence-corrected chi connectivity index (χ2v) is 12.8. The first kappa shape index (κ1) is 27.3. The zero-order valence-electron chi connectivity index (χ0n) is 23.1. The van der Waals surface area contributed by atoms with Gasteiger partial charge >= 0.3 is 6.03 Å². The first-order chi connectivity index (χ1) is 19.1. The lowest BCUT2D eigenvalue weighted by Gasteiger charge is -2.58. The number of hydrogen-bond donors (Lipinski definition) is 3. The minimum atomic E-state index is -0.542. The summed E-state index contributed by atoms with van der Waals surface area (Å²) in [6.45, 7) is 1.99. The number of amides is 3. The number of benzene rings is 1. The average Bonchev–Trinajstić information content (AvgIpc) is 3.21. The maximum Gasteiger partial charge on any atom is 0.321 e. The second kappa shape index (κ2) is 10.5. The summed E-state index contributed by atoms with van der Waals surface area (Å²) >= 11 is 6.78. The minimum Gasteiger partial charge on any atom is -0.390 e. The van der Waals surface area contributed by atoms with Crippen molar-refractivity contribution in [3.05, 3.63) is 40.8 Å². The third kappa shape index (κ3) is 5.16. The van der Waals surface area contributed by atoms with Crippen LogP contribution < -0.4 is 20.4 Å². The van der Waals surface area contributed by atoms with E-state index in [-0.39, 0.29) is 29.5 Å². The van der Waals surface area contributed by atoms with Gasteiger partial charge in [-0.2, -0.15) is 5.10 Å². The van der Waals surface area contributed by atoms with Crippen molar-refractivity contribution in [1.82, 2.24) is 20.4 Å². The predicted molar refractivity (Wildman–Crippen MR) is 151 cm³/mol. The number of urea groups is 1. The second-order valence-electron chi connectivity index (χ2n) is 12.5. The molecule has 9 nitrogen and oxygen atoms in total. The Bertz CT molecular complexity index is 1280. The van der Waals surface area contributed by atoms with Gasteiger partial charge in [0.1, 0.15) is 16.7 Å².